The third kappa shape index (κ3) is 4.00. The first-order valence-electron chi connectivity index (χ1n) is 4.64. The second-order valence-corrected chi connectivity index (χ2v) is 4.73. The van der Waals surface area contributed by atoms with Gasteiger partial charge in [-0.3, -0.25) is 4.79 Å². The number of rotatable bonds is 5. The maximum atomic E-state index is 10.2. The highest BCUT2D eigenvalue weighted by molar-refractivity contribution is 7.99. The summed E-state index contributed by atoms with van der Waals surface area (Å²) in [6.45, 7) is 0. The molecule has 1 aliphatic rings. The average molecular weight is 204 g/mol. The van der Waals surface area contributed by atoms with Gasteiger partial charge in [-0.25, -0.2) is 0 Å². The minimum absolute atomic E-state index is 0.195. The zero-order valence-electron chi connectivity index (χ0n) is 7.66. The van der Waals surface area contributed by atoms with Crippen LogP contribution in [-0.4, -0.2) is 33.3 Å². The quantitative estimate of drug-likeness (QED) is 0.666. The van der Waals surface area contributed by atoms with Gasteiger partial charge in [0.1, 0.15) is 0 Å². The molecule has 0 radical (unpaired) electrons. The molecule has 0 aromatic rings. The van der Waals surface area contributed by atoms with E-state index < -0.39 is 11.6 Å². The van der Waals surface area contributed by atoms with E-state index >= 15 is 0 Å². The van der Waals surface area contributed by atoms with Gasteiger partial charge in [-0.15, -0.1) is 0 Å². The minimum Gasteiger partial charge on any atom is -0.481 e. The fraction of sp³-hybridized carbons (Fsp3) is 0.889. The third-order valence-electron chi connectivity index (χ3n) is 2.37. The molecule has 0 aromatic carbocycles. The van der Waals surface area contributed by atoms with Crippen LogP contribution >= 0.6 is 11.8 Å². The molecular formula is C9H16O3S. The van der Waals surface area contributed by atoms with Crippen molar-refractivity contribution in [2.75, 3.05) is 11.5 Å². The number of aliphatic hydroxyl groups is 1. The molecule has 0 saturated heterocycles. The fourth-order valence-corrected chi connectivity index (χ4v) is 2.73. The highest BCUT2D eigenvalue weighted by Crippen LogP contribution is 2.32. The van der Waals surface area contributed by atoms with Gasteiger partial charge >= 0.3 is 5.97 Å². The smallest absolute Gasteiger partial charge is 0.304 e. The highest BCUT2D eigenvalue weighted by atomic mass is 32.2. The Hall–Kier alpha value is -0.220. The Morgan fingerprint density at radius 2 is 2.00 bits per heavy atom. The van der Waals surface area contributed by atoms with Crippen LogP contribution in [0.4, 0.5) is 0 Å². The summed E-state index contributed by atoms with van der Waals surface area (Å²) in [5.41, 5.74) is -0.497. The lowest BCUT2D eigenvalue weighted by atomic mass is 10.1. The van der Waals surface area contributed by atoms with Gasteiger partial charge in [-0.2, -0.15) is 11.8 Å². The lowest BCUT2D eigenvalue weighted by Gasteiger charge is -2.20. The maximum absolute atomic E-state index is 10.2. The molecule has 1 saturated carbocycles. The van der Waals surface area contributed by atoms with Crippen LogP contribution in [0.3, 0.4) is 0 Å². The number of aliphatic carboxylic acids is 1. The highest BCUT2D eigenvalue weighted by Gasteiger charge is 2.30. The van der Waals surface area contributed by atoms with Crippen molar-refractivity contribution in [3.63, 3.8) is 0 Å². The maximum Gasteiger partial charge on any atom is 0.304 e. The molecule has 0 aromatic heterocycles. The summed E-state index contributed by atoms with van der Waals surface area (Å²) >= 11 is 1.55. The summed E-state index contributed by atoms with van der Waals surface area (Å²) < 4.78 is 0. The van der Waals surface area contributed by atoms with E-state index in [1.165, 1.54) is 0 Å². The van der Waals surface area contributed by atoms with Crippen molar-refractivity contribution in [1.29, 1.82) is 0 Å². The number of hydrogen-bond acceptors (Lipinski definition) is 3. The van der Waals surface area contributed by atoms with Crippen LogP contribution in [0.25, 0.3) is 0 Å². The van der Waals surface area contributed by atoms with Crippen LogP contribution in [-0.2, 0) is 4.79 Å². The Labute approximate surface area is 82.5 Å². The third-order valence-corrected chi connectivity index (χ3v) is 3.60. The molecule has 13 heavy (non-hydrogen) atoms. The molecule has 0 aliphatic heterocycles. The van der Waals surface area contributed by atoms with Gasteiger partial charge in [-0.1, -0.05) is 12.8 Å². The summed E-state index contributed by atoms with van der Waals surface area (Å²) in [7, 11) is 0. The molecular weight excluding hydrogens is 188 g/mol. The average Bonchev–Trinajstić information content (AvgIpc) is 2.47. The second kappa shape index (κ2) is 4.86. The van der Waals surface area contributed by atoms with Crippen molar-refractivity contribution in [1.82, 2.24) is 0 Å². The standard InChI is InChI=1S/C9H16O3S/c10-8(11)3-6-13-7-9(12)4-1-2-5-9/h12H,1-7H2,(H,10,11). The molecule has 0 heterocycles. The van der Waals surface area contributed by atoms with E-state index in [1.807, 2.05) is 0 Å². The van der Waals surface area contributed by atoms with E-state index in [1.54, 1.807) is 11.8 Å². The van der Waals surface area contributed by atoms with E-state index in [-0.39, 0.29) is 6.42 Å². The number of thioether (sulfide) groups is 1. The summed E-state index contributed by atoms with van der Waals surface area (Å²) in [5.74, 6) is 0.545. The monoisotopic (exact) mass is 204 g/mol. The molecule has 1 fully saturated rings. The first-order chi connectivity index (χ1) is 6.12. The largest absolute Gasteiger partial charge is 0.481 e. The summed E-state index contributed by atoms with van der Waals surface area (Å²) in [5, 5.41) is 18.3. The SMILES string of the molecule is O=C(O)CCSCC1(O)CCCC1. The van der Waals surface area contributed by atoms with E-state index in [9.17, 15) is 9.90 Å². The number of carbonyl (C=O) groups is 1. The normalized spacial score (nSPS) is 20.4. The Morgan fingerprint density at radius 1 is 1.38 bits per heavy atom. The van der Waals surface area contributed by atoms with E-state index in [0.717, 1.165) is 25.7 Å². The predicted octanol–water partition coefficient (Wildman–Crippen LogP) is 1.50. The van der Waals surface area contributed by atoms with E-state index in [2.05, 4.69) is 0 Å². The van der Waals surface area contributed by atoms with Crippen molar-refractivity contribution in [2.24, 2.45) is 0 Å². The molecule has 1 aliphatic carbocycles. The first-order valence-corrected chi connectivity index (χ1v) is 5.80. The number of carboxylic acid groups (broad SMARTS) is 1. The molecule has 3 nitrogen and oxygen atoms in total. The second-order valence-electron chi connectivity index (χ2n) is 3.63. The van der Waals surface area contributed by atoms with Gasteiger partial charge in [0.15, 0.2) is 0 Å². The molecule has 4 heteroatoms. The Balaban J connectivity index is 2.07. The van der Waals surface area contributed by atoms with Gasteiger partial charge in [0.05, 0.1) is 12.0 Å². The molecule has 0 unspecified atom stereocenters. The number of hydrogen-bond donors (Lipinski definition) is 2. The van der Waals surface area contributed by atoms with Crippen molar-refractivity contribution >= 4 is 17.7 Å². The molecule has 0 spiro atoms. The molecule has 0 amide bonds. The van der Waals surface area contributed by atoms with Gasteiger partial charge in [0.2, 0.25) is 0 Å². The zero-order chi connectivity index (χ0) is 9.73. The van der Waals surface area contributed by atoms with Gasteiger partial charge in [0, 0.05) is 11.5 Å². The molecule has 76 valence electrons. The Kier molecular flexibility index (Phi) is 4.06. The van der Waals surface area contributed by atoms with Gasteiger partial charge in [-0.05, 0) is 12.8 Å². The van der Waals surface area contributed by atoms with Gasteiger partial charge in [0.25, 0.3) is 0 Å². The molecule has 2 N–H and O–H groups in total. The van der Waals surface area contributed by atoms with Crippen LogP contribution < -0.4 is 0 Å². The Morgan fingerprint density at radius 3 is 2.54 bits per heavy atom. The molecule has 1 rings (SSSR count). The van der Waals surface area contributed by atoms with Crippen LogP contribution in [0.2, 0.25) is 0 Å². The van der Waals surface area contributed by atoms with E-state index in [0.29, 0.717) is 11.5 Å². The van der Waals surface area contributed by atoms with Gasteiger partial charge < -0.3 is 10.2 Å². The topological polar surface area (TPSA) is 57.5 Å². The lowest BCUT2D eigenvalue weighted by molar-refractivity contribution is -0.136. The molecule has 0 bridgehead atoms. The summed E-state index contributed by atoms with van der Waals surface area (Å²) in [4.78, 5) is 10.2. The zero-order valence-corrected chi connectivity index (χ0v) is 8.48. The lowest BCUT2D eigenvalue weighted by Crippen LogP contribution is -2.27. The Bertz CT molecular complexity index is 176. The van der Waals surface area contributed by atoms with Crippen LogP contribution in [0.15, 0.2) is 0 Å². The molecule has 0 atom stereocenters. The van der Waals surface area contributed by atoms with Crippen LogP contribution in [0.1, 0.15) is 32.1 Å². The van der Waals surface area contributed by atoms with E-state index in [4.69, 9.17) is 5.11 Å². The number of carboxylic acids is 1. The minimum atomic E-state index is -0.758. The fourth-order valence-electron chi connectivity index (χ4n) is 1.60. The van der Waals surface area contributed by atoms with Crippen LogP contribution in [0.5, 0.6) is 0 Å². The van der Waals surface area contributed by atoms with Crippen molar-refractivity contribution < 1.29 is 15.0 Å². The predicted molar refractivity (Wildman–Crippen MR) is 53.0 cm³/mol. The van der Waals surface area contributed by atoms with Crippen LogP contribution in [0, 0.1) is 0 Å². The summed E-state index contributed by atoms with van der Waals surface area (Å²) in [6, 6.07) is 0. The van der Waals surface area contributed by atoms with Crippen molar-refractivity contribution in [3.05, 3.63) is 0 Å². The first kappa shape index (κ1) is 10.9. The van der Waals surface area contributed by atoms with Crippen molar-refractivity contribution in [2.45, 2.75) is 37.7 Å². The van der Waals surface area contributed by atoms with Crippen molar-refractivity contribution in [3.8, 4) is 0 Å². The summed E-state index contributed by atoms with van der Waals surface area (Å²) in [6.07, 6.45) is 4.17.